The lowest BCUT2D eigenvalue weighted by molar-refractivity contribution is -0.136. The Labute approximate surface area is 175 Å². The number of benzene rings is 1. The SMILES string of the molecule is CCN(CC)c1cc2oc(=O)c(C(=O)NCCN3C(=O)C=CC3=O)cc2cc1Br. The lowest BCUT2D eigenvalue weighted by Crippen LogP contribution is -2.39. The van der Waals surface area contributed by atoms with Gasteiger partial charge in [-0.3, -0.25) is 19.3 Å². The minimum absolute atomic E-state index is 0.0219. The van der Waals surface area contributed by atoms with Crippen molar-refractivity contribution in [3.63, 3.8) is 0 Å². The average Bonchev–Trinajstić information content (AvgIpc) is 3.01. The van der Waals surface area contributed by atoms with Crippen molar-refractivity contribution in [2.24, 2.45) is 0 Å². The summed E-state index contributed by atoms with van der Waals surface area (Å²) in [4.78, 5) is 50.9. The summed E-state index contributed by atoms with van der Waals surface area (Å²) in [6.45, 7) is 5.70. The zero-order valence-corrected chi connectivity index (χ0v) is 17.6. The van der Waals surface area contributed by atoms with Crippen LogP contribution in [0.4, 0.5) is 5.69 Å². The van der Waals surface area contributed by atoms with E-state index in [4.69, 9.17) is 4.42 Å². The van der Waals surface area contributed by atoms with Gasteiger partial charge in [0.1, 0.15) is 11.1 Å². The van der Waals surface area contributed by atoms with E-state index >= 15 is 0 Å². The van der Waals surface area contributed by atoms with Crippen molar-refractivity contribution >= 4 is 50.3 Å². The maximum Gasteiger partial charge on any atom is 0.349 e. The Morgan fingerprint density at radius 2 is 1.76 bits per heavy atom. The highest BCUT2D eigenvalue weighted by molar-refractivity contribution is 9.10. The molecule has 0 unspecified atom stereocenters. The van der Waals surface area contributed by atoms with Gasteiger partial charge < -0.3 is 14.6 Å². The van der Waals surface area contributed by atoms with E-state index in [1.54, 1.807) is 12.1 Å². The second-order valence-corrected chi connectivity index (χ2v) is 7.23. The van der Waals surface area contributed by atoms with Crippen molar-refractivity contribution in [2.45, 2.75) is 13.8 Å². The molecule has 2 aromatic rings. The van der Waals surface area contributed by atoms with Gasteiger partial charge in [-0.25, -0.2) is 4.79 Å². The third-order valence-electron chi connectivity index (χ3n) is 4.67. The molecule has 0 radical (unpaired) electrons. The number of hydrogen-bond acceptors (Lipinski definition) is 6. The summed E-state index contributed by atoms with van der Waals surface area (Å²) >= 11 is 3.53. The highest BCUT2D eigenvalue weighted by atomic mass is 79.9. The summed E-state index contributed by atoms with van der Waals surface area (Å²) in [5.74, 6) is -1.48. The molecular formula is C20H20BrN3O5. The van der Waals surface area contributed by atoms with Crippen LogP contribution in [-0.2, 0) is 9.59 Å². The highest BCUT2D eigenvalue weighted by Crippen LogP contribution is 2.31. The average molecular weight is 462 g/mol. The fourth-order valence-corrected chi connectivity index (χ4v) is 3.73. The van der Waals surface area contributed by atoms with Crippen molar-refractivity contribution in [3.8, 4) is 0 Å². The van der Waals surface area contributed by atoms with Gasteiger partial charge in [-0.05, 0) is 41.9 Å². The number of nitrogens with zero attached hydrogens (tertiary/aromatic N) is 2. The zero-order chi connectivity index (χ0) is 21.1. The number of carbonyl (C=O) groups is 3. The van der Waals surface area contributed by atoms with Crippen LogP contribution in [0.25, 0.3) is 11.0 Å². The number of anilines is 1. The molecule has 29 heavy (non-hydrogen) atoms. The largest absolute Gasteiger partial charge is 0.422 e. The molecule has 0 fully saturated rings. The van der Waals surface area contributed by atoms with Crippen LogP contribution < -0.4 is 15.8 Å². The normalized spacial score (nSPS) is 13.4. The van der Waals surface area contributed by atoms with E-state index in [-0.39, 0.29) is 18.7 Å². The molecule has 9 heteroatoms. The smallest absolute Gasteiger partial charge is 0.349 e. The number of fused-ring (bicyclic) bond motifs is 1. The minimum Gasteiger partial charge on any atom is -0.422 e. The van der Waals surface area contributed by atoms with Crippen molar-refractivity contribution in [3.05, 3.63) is 50.8 Å². The maximum atomic E-state index is 12.4. The first-order chi connectivity index (χ1) is 13.8. The van der Waals surface area contributed by atoms with Gasteiger partial charge in [0.25, 0.3) is 17.7 Å². The number of amides is 3. The molecule has 3 amide bonds. The molecule has 1 aromatic carbocycles. The van der Waals surface area contributed by atoms with Gasteiger partial charge in [0.05, 0.1) is 5.69 Å². The summed E-state index contributed by atoms with van der Waals surface area (Å²) in [5.41, 5.74) is 0.391. The Bertz CT molecular complexity index is 1050. The fourth-order valence-electron chi connectivity index (χ4n) is 3.12. The number of hydrogen-bond donors (Lipinski definition) is 1. The Kier molecular flexibility index (Phi) is 6.17. The molecule has 3 rings (SSSR count). The van der Waals surface area contributed by atoms with E-state index in [2.05, 4.69) is 26.1 Å². The second-order valence-electron chi connectivity index (χ2n) is 6.38. The summed E-state index contributed by atoms with van der Waals surface area (Å²) in [6.07, 6.45) is 2.35. The lowest BCUT2D eigenvalue weighted by atomic mass is 10.1. The Morgan fingerprint density at radius 1 is 1.10 bits per heavy atom. The van der Waals surface area contributed by atoms with Gasteiger partial charge in [0.2, 0.25) is 0 Å². The van der Waals surface area contributed by atoms with Crippen LogP contribution in [0.2, 0.25) is 0 Å². The first-order valence-corrected chi connectivity index (χ1v) is 9.99. The molecular weight excluding hydrogens is 442 g/mol. The number of halogens is 1. The predicted molar refractivity (Wildman–Crippen MR) is 112 cm³/mol. The van der Waals surface area contributed by atoms with E-state index < -0.39 is 23.3 Å². The van der Waals surface area contributed by atoms with Crippen LogP contribution in [0.3, 0.4) is 0 Å². The van der Waals surface area contributed by atoms with Gasteiger partial charge in [-0.15, -0.1) is 0 Å². The van der Waals surface area contributed by atoms with Gasteiger partial charge in [-0.2, -0.15) is 0 Å². The second kappa shape index (κ2) is 8.60. The third kappa shape index (κ3) is 4.24. The Hall–Kier alpha value is -2.94. The summed E-state index contributed by atoms with van der Waals surface area (Å²) in [7, 11) is 0. The van der Waals surface area contributed by atoms with Gasteiger partial charge in [0, 0.05) is 54.3 Å². The Balaban J connectivity index is 1.79. The molecule has 0 saturated heterocycles. The molecule has 0 bridgehead atoms. The molecule has 1 N–H and O–H groups in total. The van der Waals surface area contributed by atoms with E-state index in [9.17, 15) is 19.2 Å². The monoisotopic (exact) mass is 461 g/mol. The van der Waals surface area contributed by atoms with E-state index in [0.717, 1.165) is 28.1 Å². The van der Waals surface area contributed by atoms with Gasteiger partial charge >= 0.3 is 5.63 Å². The fraction of sp³-hybridized carbons (Fsp3) is 0.300. The zero-order valence-electron chi connectivity index (χ0n) is 16.0. The first-order valence-electron chi connectivity index (χ1n) is 9.19. The molecule has 152 valence electrons. The first kappa shape index (κ1) is 20.8. The van der Waals surface area contributed by atoms with Gasteiger partial charge in [0.15, 0.2) is 0 Å². The van der Waals surface area contributed by atoms with Crippen LogP contribution in [0.1, 0.15) is 24.2 Å². The molecule has 1 aliphatic rings. The van der Waals surface area contributed by atoms with Crippen molar-refractivity contribution < 1.29 is 18.8 Å². The Morgan fingerprint density at radius 3 is 2.38 bits per heavy atom. The van der Waals surface area contributed by atoms with Crippen LogP contribution in [-0.4, -0.2) is 48.8 Å². The van der Waals surface area contributed by atoms with Crippen LogP contribution in [0.5, 0.6) is 0 Å². The molecule has 0 saturated carbocycles. The van der Waals surface area contributed by atoms with Crippen molar-refractivity contribution in [1.82, 2.24) is 10.2 Å². The maximum absolute atomic E-state index is 12.4. The lowest BCUT2D eigenvalue weighted by Gasteiger charge is -2.22. The van der Waals surface area contributed by atoms with Crippen molar-refractivity contribution in [2.75, 3.05) is 31.1 Å². The molecule has 0 aliphatic carbocycles. The minimum atomic E-state index is -0.752. The molecule has 1 aromatic heterocycles. The molecule has 8 nitrogen and oxygen atoms in total. The van der Waals surface area contributed by atoms with Gasteiger partial charge in [-0.1, -0.05) is 0 Å². The predicted octanol–water partition coefficient (Wildman–Crippen LogP) is 2.06. The highest BCUT2D eigenvalue weighted by Gasteiger charge is 2.23. The van der Waals surface area contributed by atoms with Crippen LogP contribution in [0, 0.1) is 0 Å². The standard InChI is InChI=1S/C20H20BrN3O5/c1-3-23(4-2)15-11-16-12(10-14(15)21)9-13(20(28)29-16)19(27)22-7-8-24-17(25)5-6-18(24)26/h5-6,9-11H,3-4,7-8H2,1-2H3,(H,22,27). The quantitative estimate of drug-likeness (QED) is 0.500. The number of nitrogens with one attached hydrogen (secondary N) is 1. The molecule has 0 spiro atoms. The topological polar surface area (TPSA) is 99.9 Å². The number of rotatable bonds is 7. The van der Waals surface area contributed by atoms with E-state index in [1.807, 2.05) is 13.8 Å². The number of imide groups is 1. The third-order valence-corrected chi connectivity index (χ3v) is 5.31. The molecule has 0 atom stereocenters. The van der Waals surface area contributed by atoms with E-state index in [0.29, 0.717) is 11.0 Å². The summed E-state index contributed by atoms with van der Waals surface area (Å²) in [5, 5.41) is 3.15. The molecule has 2 heterocycles. The van der Waals surface area contributed by atoms with Crippen molar-refractivity contribution in [1.29, 1.82) is 0 Å². The van der Waals surface area contributed by atoms with Crippen LogP contribution in [0.15, 0.2) is 44.0 Å². The molecule has 1 aliphatic heterocycles. The number of carbonyl (C=O) groups excluding carboxylic acids is 3. The summed E-state index contributed by atoms with van der Waals surface area (Å²) < 4.78 is 6.20. The summed E-state index contributed by atoms with van der Waals surface area (Å²) in [6, 6.07) is 5.05. The van der Waals surface area contributed by atoms with E-state index in [1.165, 1.54) is 18.2 Å². The van der Waals surface area contributed by atoms with Crippen LogP contribution >= 0.6 is 15.9 Å².